The zero-order valence-electron chi connectivity index (χ0n) is 11.4. The largest absolute Gasteiger partial charge is 0.325 e. The zero-order chi connectivity index (χ0) is 14.8. The Bertz CT molecular complexity index is 851. The first kappa shape index (κ1) is 13.0. The lowest BCUT2D eigenvalue weighted by Gasteiger charge is -2.07. The number of para-hydroxylation sites is 1. The smallest absolute Gasteiger partial charge is 0.264 e. The molecule has 3 rings (SSSR count). The number of fused-ring (bicyclic) bond motifs is 1. The molecule has 0 aliphatic carbocycles. The standard InChI is InChI=1S/C14H13N5O2/c1-18-13-11(7-16-18)14(21)19(9-15-13)8-12(20)17-10-5-3-2-4-6-10/h2-7,9H,8H2,1H3,(H,17,20). The number of hydrogen-bond acceptors (Lipinski definition) is 4. The number of benzene rings is 1. The van der Waals surface area contributed by atoms with Crippen LogP contribution in [0.25, 0.3) is 11.0 Å². The summed E-state index contributed by atoms with van der Waals surface area (Å²) in [7, 11) is 1.71. The fraction of sp³-hybridized carbons (Fsp3) is 0.143. The van der Waals surface area contributed by atoms with Crippen molar-refractivity contribution in [2.75, 3.05) is 5.32 Å². The van der Waals surface area contributed by atoms with E-state index in [1.54, 1.807) is 19.2 Å². The maximum Gasteiger partial charge on any atom is 0.264 e. The van der Waals surface area contributed by atoms with Crippen molar-refractivity contribution in [1.82, 2.24) is 19.3 Å². The summed E-state index contributed by atoms with van der Waals surface area (Å²) in [4.78, 5) is 28.3. The van der Waals surface area contributed by atoms with Gasteiger partial charge in [-0.25, -0.2) is 4.98 Å². The van der Waals surface area contributed by atoms with E-state index < -0.39 is 0 Å². The van der Waals surface area contributed by atoms with Crippen molar-refractivity contribution in [3.8, 4) is 0 Å². The minimum Gasteiger partial charge on any atom is -0.325 e. The number of carbonyl (C=O) groups is 1. The first-order chi connectivity index (χ1) is 10.1. The number of carbonyl (C=O) groups excluding carboxylic acids is 1. The predicted molar refractivity (Wildman–Crippen MR) is 77.8 cm³/mol. The van der Waals surface area contributed by atoms with Crippen LogP contribution >= 0.6 is 0 Å². The van der Waals surface area contributed by atoms with Crippen molar-refractivity contribution in [3.63, 3.8) is 0 Å². The molecule has 0 bridgehead atoms. The van der Waals surface area contributed by atoms with Crippen LogP contribution in [0.4, 0.5) is 5.69 Å². The molecule has 0 saturated carbocycles. The molecule has 0 spiro atoms. The van der Waals surface area contributed by atoms with E-state index >= 15 is 0 Å². The first-order valence-corrected chi connectivity index (χ1v) is 6.37. The van der Waals surface area contributed by atoms with Crippen LogP contribution in [-0.2, 0) is 18.4 Å². The fourth-order valence-electron chi connectivity index (χ4n) is 2.06. The minimum atomic E-state index is -0.284. The quantitative estimate of drug-likeness (QED) is 0.769. The van der Waals surface area contributed by atoms with Crippen molar-refractivity contribution in [1.29, 1.82) is 0 Å². The fourth-order valence-corrected chi connectivity index (χ4v) is 2.06. The summed E-state index contributed by atoms with van der Waals surface area (Å²) < 4.78 is 2.79. The lowest BCUT2D eigenvalue weighted by molar-refractivity contribution is -0.116. The van der Waals surface area contributed by atoms with E-state index in [1.165, 1.54) is 21.8 Å². The van der Waals surface area contributed by atoms with E-state index in [0.717, 1.165) is 0 Å². The lowest BCUT2D eigenvalue weighted by atomic mass is 10.3. The van der Waals surface area contributed by atoms with Crippen molar-refractivity contribution < 1.29 is 4.79 Å². The van der Waals surface area contributed by atoms with Gasteiger partial charge in [-0.2, -0.15) is 5.10 Å². The van der Waals surface area contributed by atoms with Crippen LogP contribution in [0.1, 0.15) is 0 Å². The molecule has 1 N–H and O–H groups in total. The first-order valence-electron chi connectivity index (χ1n) is 6.37. The van der Waals surface area contributed by atoms with Gasteiger partial charge < -0.3 is 5.32 Å². The average molecular weight is 283 g/mol. The molecule has 1 amide bonds. The Morgan fingerprint density at radius 1 is 1.29 bits per heavy atom. The van der Waals surface area contributed by atoms with Gasteiger partial charge in [0, 0.05) is 12.7 Å². The van der Waals surface area contributed by atoms with Gasteiger partial charge in [0.2, 0.25) is 5.91 Å². The molecule has 0 radical (unpaired) electrons. The number of aryl methyl sites for hydroxylation is 1. The van der Waals surface area contributed by atoms with Crippen LogP contribution in [0.3, 0.4) is 0 Å². The lowest BCUT2D eigenvalue weighted by Crippen LogP contribution is -2.27. The van der Waals surface area contributed by atoms with Crippen LogP contribution < -0.4 is 10.9 Å². The van der Waals surface area contributed by atoms with Crippen LogP contribution in [0.2, 0.25) is 0 Å². The Labute approximate surface area is 119 Å². The molecule has 2 heterocycles. The molecule has 0 aliphatic heterocycles. The Morgan fingerprint density at radius 2 is 2.05 bits per heavy atom. The summed E-state index contributed by atoms with van der Waals surface area (Å²) in [5, 5.41) is 7.10. The van der Waals surface area contributed by atoms with Gasteiger partial charge in [-0.3, -0.25) is 18.8 Å². The molecule has 3 aromatic rings. The number of hydrogen-bond donors (Lipinski definition) is 1. The second kappa shape index (κ2) is 5.20. The van der Waals surface area contributed by atoms with Crippen molar-refractivity contribution in [2.24, 2.45) is 7.05 Å². The summed E-state index contributed by atoms with van der Waals surface area (Å²) in [5.74, 6) is -0.284. The van der Waals surface area contributed by atoms with E-state index in [4.69, 9.17) is 0 Å². The third-order valence-corrected chi connectivity index (χ3v) is 3.09. The minimum absolute atomic E-state index is 0.0917. The Morgan fingerprint density at radius 3 is 2.81 bits per heavy atom. The second-order valence-corrected chi connectivity index (χ2v) is 4.60. The van der Waals surface area contributed by atoms with Gasteiger partial charge >= 0.3 is 0 Å². The molecule has 0 aliphatic rings. The third-order valence-electron chi connectivity index (χ3n) is 3.09. The Hall–Kier alpha value is -2.96. The van der Waals surface area contributed by atoms with Gasteiger partial charge in [-0.1, -0.05) is 18.2 Å². The number of anilines is 1. The highest BCUT2D eigenvalue weighted by Gasteiger charge is 2.10. The van der Waals surface area contributed by atoms with E-state index in [-0.39, 0.29) is 18.0 Å². The highest BCUT2D eigenvalue weighted by Crippen LogP contribution is 2.06. The van der Waals surface area contributed by atoms with E-state index in [0.29, 0.717) is 16.7 Å². The molecule has 21 heavy (non-hydrogen) atoms. The third kappa shape index (κ3) is 2.53. The molecular formula is C14H13N5O2. The highest BCUT2D eigenvalue weighted by molar-refractivity contribution is 5.90. The molecule has 106 valence electrons. The molecule has 7 heteroatoms. The molecule has 1 aromatic carbocycles. The van der Waals surface area contributed by atoms with Gasteiger partial charge in [0.1, 0.15) is 18.3 Å². The van der Waals surface area contributed by atoms with E-state index in [9.17, 15) is 9.59 Å². The maximum absolute atomic E-state index is 12.2. The van der Waals surface area contributed by atoms with Gasteiger partial charge in [0.15, 0.2) is 5.65 Å². The van der Waals surface area contributed by atoms with Gasteiger partial charge in [-0.05, 0) is 12.1 Å². The number of nitrogens with zero attached hydrogens (tertiary/aromatic N) is 4. The summed E-state index contributed by atoms with van der Waals surface area (Å²) in [6.07, 6.45) is 2.81. The molecule has 0 unspecified atom stereocenters. The molecular weight excluding hydrogens is 270 g/mol. The highest BCUT2D eigenvalue weighted by atomic mass is 16.2. The van der Waals surface area contributed by atoms with E-state index in [2.05, 4.69) is 15.4 Å². The second-order valence-electron chi connectivity index (χ2n) is 4.60. The molecule has 0 fully saturated rings. The van der Waals surface area contributed by atoms with Crippen molar-refractivity contribution >= 4 is 22.6 Å². The van der Waals surface area contributed by atoms with Crippen molar-refractivity contribution in [2.45, 2.75) is 6.54 Å². The molecule has 0 saturated heterocycles. The van der Waals surface area contributed by atoms with E-state index in [1.807, 2.05) is 18.2 Å². The average Bonchev–Trinajstić information content (AvgIpc) is 2.85. The van der Waals surface area contributed by atoms with Crippen LogP contribution in [0, 0.1) is 0 Å². The monoisotopic (exact) mass is 283 g/mol. The van der Waals surface area contributed by atoms with Crippen molar-refractivity contribution in [3.05, 3.63) is 53.2 Å². The maximum atomic E-state index is 12.2. The summed E-state index contributed by atoms with van der Waals surface area (Å²) >= 11 is 0. The molecule has 7 nitrogen and oxygen atoms in total. The summed E-state index contributed by atoms with van der Waals surface area (Å²) in [6, 6.07) is 9.07. The van der Waals surface area contributed by atoms with Gasteiger partial charge in [0.25, 0.3) is 5.56 Å². The number of aromatic nitrogens is 4. The normalized spacial score (nSPS) is 10.7. The molecule has 2 aromatic heterocycles. The van der Waals surface area contributed by atoms with Crippen LogP contribution in [0.5, 0.6) is 0 Å². The Balaban J connectivity index is 1.83. The van der Waals surface area contributed by atoms with Gasteiger partial charge in [0.05, 0.1) is 6.20 Å². The SMILES string of the molecule is Cn1ncc2c(=O)n(CC(=O)Nc3ccccc3)cnc21. The van der Waals surface area contributed by atoms with Crippen LogP contribution in [0.15, 0.2) is 47.7 Å². The zero-order valence-corrected chi connectivity index (χ0v) is 11.4. The number of rotatable bonds is 3. The topological polar surface area (TPSA) is 81.8 Å². The van der Waals surface area contributed by atoms with Crippen LogP contribution in [-0.4, -0.2) is 25.2 Å². The molecule has 0 atom stereocenters. The number of amides is 1. The predicted octanol–water partition coefficient (Wildman–Crippen LogP) is 0.769. The van der Waals surface area contributed by atoms with Gasteiger partial charge in [-0.15, -0.1) is 0 Å². The Kier molecular flexibility index (Phi) is 3.23. The number of nitrogens with one attached hydrogen (secondary N) is 1. The summed E-state index contributed by atoms with van der Waals surface area (Å²) in [5.41, 5.74) is 0.905. The summed E-state index contributed by atoms with van der Waals surface area (Å²) in [6.45, 7) is -0.0917.